The van der Waals surface area contributed by atoms with Gasteiger partial charge in [0.05, 0.1) is 19.9 Å². The van der Waals surface area contributed by atoms with Gasteiger partial charge in [-0.2, -0.15) is 9.97 Å². The van der Waals surface area contributed by atoms with Crippen LogP contribution in [0, 0.1) is 0 Å². The van der Waals surface area contributed by atoms with Gasteiger partial charge in [-0.1, -0.05) is 0 Å². The molecule has 0 unspecified atom stereocenters. The van der Waals surface area contributed by atoms with E-state index in [1.807, 2.05) is 0 Å². The number of methoxy groups -OCH3 is 1. The van der Waals surface area contributed by atoms with Gasteiger partial charge in [0, 0.05) is 6.54 Å². The molecule has 0 saturated carbocycles. The molecular formula is C9H12N6O2. The molecule has 0 aliphatic rings. The molecule has 0 bridgehead atoms. The highest BCUT2D eigenvalue weighted by atomic mass is 16.5. The molecule has 0 aliphatic heterocycles. The number of fused-ring (bicyclic) bond motifs is 1. The summed E-state index contributed by atoms with van der Waals surface area (Å²) >= 11 is 0. The molecule has 8 nitrogen and oxygen atoms in total. The highest BCUT2D eigenvalue weighted by molar-refractivity contribution is 5.83. The van der Waals surface area contributed by atoms with E-state index in [4.69, 9.17) is 5.73 Å². The van der Waals surface area contributed by atoms with Gasteiger partial charge >= 0.3 is 5.97 Å². The van der Waals surface area contributed by atoms with Crippen LogP contribution in [0.4, 0.5) is 11.8 Å². The number of carbonyl (C=O) groups is 1. The predicted octanol–water partition coefficient (Wildman–Crippen LogP) is -0.0899. The lowest BCUT2D eigenvalue weighted by Gasteiger charge is -2.05. The molecule has 0 spiro atoms. The first-order chi connectivity index (χ1) is 8.20. The number of aromatic nitrogens is 4. The van der Waals surface area contributed by atoms with Gasteiger partial charge in [0.25, 0.3) is 0 Å². The maximum Gasteiger partial charge on any atom is 0.307 e. The Morgan fingerprint density at radius 3 is 3.18 bits per heavy atom. The van der Waals surface area contributed by atoms with Gasteiger partial charge in [-0.05, 0) is 0 Å². The third-order valence-corrected chi connectivity index (χ3v) is 2.15. The quantitative estimate of drug-likeness (QED) is 0.634. The van der Waals surface area contributed by atoms with Gasteiger partial charge in [0.1, 0.15) is 5.52 Å². The fraction of sp³-hybridized carbons (Fsp3) is 0.333. The smallest absolute Gasteiger partial charge is 0.307 e. The Hall–Kier alpha value is -2.38. The fourth-order valence-corrected chi connectivity index (χ4v) is 1.36. The summed E-state index contributed by atoms with van der Waals surface area (Å²) < 4.78 is 4.53. The monoisotopic (exact) mass is 236 g/mol. The average Bonchev–Trinajstić information content (AvgIpc) is 2.76. The largest absolute Gasteiger partial charge is 0.469 e. The van der Waals surface area contributed by atoms with Crippen molar-refractivity contribution in [3.8, 4) is 0 Å². The van der Waals surface area contributed by atoms with Gasteiger partial charge in [-0.3, -0.25) is 4.79 Å². The number of H-pyrrole nitrogens is 1. The molecule has 2 rings (SSSR count). The standard InChI is InChI=1S/C9H12N6O2/c1-17-5(16)2-3-11-7-6-8(13-4-12-6)15-9(10)14-7/h4H,2-3H2,1H3,(H4,10,11,12,13,14,15). The first kappa shape index (κ1) is 11.1. The molecule has 2 aromatic rings. The number of ether oxygens (including phenoxy) is 1. The summed E-state index contributed by atoms with van der Waals surface area (Å²) in [5.41, 5.74) is 6.67. The molecule has 0 aromatic carbocycles. The summed E-state index contributed by atoms with van der Waals surface area (Å²) in [5, 5.41) is 2.98. The van der Waals surface area contributed by atoms with Crippen LogP contribution in [0.3, 0.4) is 0 Å². The number of rotatable bonds is 4. The third kappa shape index (κ3) is 2.41. The lowest BCUT2D eigenvalue weighted by Crippen LogP contribution is -2.11. The molecule has 0 fully saturated rings. The van der Waals surface area contributed by atoms with E-state index < -0.39 is 0 Å². The first-order valence-corrected chi connectivity index (χ1v) is 4.98. The number of nitrogens with one attached hydrogen (secondary N) is 2. The lowest BCUT2D eigenvalue weighted by atomic mass is 10.4. The lowest BCUT2D eigenvalue weighted by molar-refractivity contribution is -0.140. The Morgan fingerprint density at radius 1 is 1.59 bits per heavy atom. The van der Waals surface area contributed by atoms with Gasteiger partial charge in [0.2, 0.25) is 5.95 Å². The molecule has 4 N–H and O–H groups in total. The molecular weight excluding hydrogens is 224 g/mol. The fourth-order valence-electron chi connectivity index (χ4n) is 1.36. The van der Waals surface area contributed by atoms with Gasteiger partial charge in [0.15, 0.2) is 11.5 Å². The Bertz CT molecular complexity index is 537. The molecule has 2 heterocycles. The number of imidazole rings is 1. The van der Waals surface area contributed by atoms with Crippen LogP contribution < -0.4 is 11.1 Å². The van der Waals surface area contributed by atoms with Crippen molar-refractivity contribution >= 4 is 28.9 Å². The van der Waals surface area contributed by atoms with Crippen LogP contribution in [0.1, 0.15) is 6.42 Å². The Labute approximate surface area is 96.6 Å². The van der Waals surface area contributed by atoms with E-state index in [-0.39, 0.29) is 18.3 Å². The first-order valence-electron chi connectivity index (χ1n) is 4.98. The molecule has 8 heteroatoms. The van der Waals surface area contributed by atoms with Crippen LogP contribution in [0.25, 0.3) is 11.2 Å². The molecule has 0 amide bonds. The number of anilines is 2. The summed E-state index contributed by atoms with van der Waals surface area (Å²) in [5.74, 6) is 0.361. The van der Waals surface area contributed by atoms with E-state index in [1.165, 1.54) is 13.4 Å². The van der Waals surface area contributed by atoms with Crippen molar-refractivity contribution in [3.05, 3.63) is 6.33 Å². The van der Waals surface area contributed by atoms with Crippen LogP contribution in [-0.2, 0) is 9.53 Å². The van der Waals surface area contributed by atoms with Crippen LogP contribution in [0.5, 0.6) is 0 Å². The molecule has 17 heavy (non-hydrogen) atoms. The second kappa shape index (κ2) is 4.64. The van der Waals surface area contributed by atoms with Crippen LogP contribution in [-0.4, -0.2) is 39.6 Å². The summed E-state index contributed by atoms with van der Waals surface area (Å²) in [6.07, 6.45) is 1.75. The van der Waals surface area contributed by atoms with E-state index in [2.05, 4.69) is 30.0 Å². The zero-order valence-electron chi connectivity index (χ0n) is 9.23. The normalized spacial score (nSPS) is 10.4. The van der Waals surface area contributed by atoms with E-state index in [9.17, 15) is 4.79 Å². The molecule has 0 atom stereocenters. The van der Waals surface area contributed by atoms with Crippen molar-refractivity contribution < 1.29 is 9.53 Å². The van der Waals surface area contributed by atoms with Crippen molar-refractivity contribution in [3.63, 3.8) is 0 Å². The summed E-state index contributed by atoms with van der Waals surface area (Å²) in [6.45, 7) is 0.400. The number of hydrogen-bond acceptors (Lipinski definition) is 7. The minimum absolute atomic E-state index is 0.130. The maximum absolute atomic E-state index is 10.9. The molecule has 2 aromatic heterocycles. The summed E-state index contributed by atoms with van der Waals surface area (Å²) in [6, 6.07) is 0. The van der Waals surface area contributed by atoms with Gasteiger partial charge in [-0.15, -0.1) is 0 Å². The van der Waals surface area contributed by atoms with Crippen LogP contribution in [0.2, 0.25) is 0 Å². The highest BCUT2D eigenvalue weighted by Crippen LogP contribution is 2.16. The second-order valence-electron chi connectivity index (χ2n) is 3.28. The Kier molecular flexibility index (Phi) is 3.03. The van der Waals surface area contributed by atoms with Crippen molar-refractivity contribution in [1.29, 1.82) is 0 Å². The highest BCUT2D eigenvalue weighted by Gasteiger charge is 2.08. The van der Waals surface area contributed by atoms with Crippen LogP contribution >= 0.6 is 0 Å². The number of nitrogens with two attached hydrogens (primary N) is 1. The van der Waals surface area contributed by atoms with Gasteiger partial charge < -0.3 is 20.8 Å². The van der Waals surface area contributed by atoms with Crippen molar-refractivity contribution in [1.82, 2.24) is 19.9 Å². The van der Waals surface area contributed by atoms with E-state index >= 15 is 0 Å². The Morgan fingerprint density at radius 2 is 2.41 bits per heavy atom. The number of nitrogen functional groups attached to an aromatic ring is 1. The summed E-state index contributed by atoms with van der Waals surface area (Å²) in [7, 11) is 1.35. The number of hydrogen-bond donors (Lipinski definition) is 3. The van der Waals surface area contributed by atoms with E-state index in [1.54, 1.807) is 0 Å². The minimum atomic E-state index is -0.291. The molecule has 0 saturated heterocycles. The zero-order valence-corrected chi connectivity index (χ0v) is 9.23. The molecule has 0 radical (unpaired) electrons. The predicted molar refractivity (Wildman–Crippen MR) is 61.2 cm³/mol. The second-order valence-corrected chi connectivity index (χ2v) is 3.28. The van der Waals surface area contributed by atoms with Crippen LogP contribution in [0.15, 0.2) is 6.33 Å². The topological polar surface area (TPSA) is 119 Å². The molecule has 0 aliphatic carbocycles. The van der Waals surface area contributed by atoms with Crippen molar-refractivity contribution in [2.75, 3.05) is 24.7 Å². The number of aromatic amines is 1. The van der Waals surface area contributed by atoms with E-state index in [0.717, 1.165) is 0 Å². The van der Waals surface area contributed by atoms with E-state index in [0.29, 0.717) is 23.5 Å². The van der Waals surface area contributed by atoms with Gasteiger partial charge in [-0.25, -0.2) is 4.98 Å². The SMILES string of the molecule is COC(=O)CCNc1nc(N)nc2nc[nH]c12. The average molecular weight is 236 g/mol. The van der Waals surface area contributed by atoms with Crippen molar-refractivity contribution in [2.45, 2.75) is 6.42 Å². The maximum atomic E-state index is 10.9. The summed E-state index contributed by atoms with van der Waals surface area (Å²) in [4.78, 5) is 25.8. The number of nitrogens with zero attached hydrogens (tertiary/aromatic N) is 3. The zero-order chi connectivity index (χ0) is 12.3. The number of carbonyl (C=O) groups excluding carboxylic acids is 1. The third-order valence-electron chi connectivity index (χ3n) is 2.15. The van der Waals surface area contributed by atoms with Crippen molar-refractivity contribution in [2.24, 2.45) is 0 Å². The Balaban J connectivity index is 2.12. The minimum Gasteiger partial charge on any atom is -0.469 e. The molecule has 90 valence electrons. The number of esters is 1.